The minimum Gasteiger partial charge on any atom is -0.506 e. The molecule has 1 N–H and O–H groups in total. The van der Waals surface area contributed by atoms with Crippen molar-refractivity contribution >= 4 is 28.8 Å². The normalized spacial score (nSPS) is 18.7. The van der Waals surface area contributed by atoms with E-state index in [1.807, 2.05) is 18.2 Å². The van der Waals surface area contributed by atoms with E-state index in [1.54, 1.807) is 6.07 Å². The molecule has 0 saturated carbocycles. The zero-order chi connectivity index (χ0) is 26.1. The quantitative estimate of drug-likeness (QED) is 0.351. The van der Waals surface area contributed by atoms with Gasteiger partial charge in [-0.15, -0.1) is 0 Å². The van der Waals surface area contributed by atoms with E-state index in [9.17, 15) is 9.50 Å². The number of halogens is 2. The number of alkyl halides is 1. The van der Waals surface area contributed by atoms with Crippen molar-refractivity contribution in [2.75, 3.05) is 32.9 Å². The number of benzene rings is 3. The Hall–Kier alpha value is -3.28. The Bertz CT molecular complexity index is 1400. The van der Waals surface area contributed by atoms with Crippen LogP contribution in [0, 0.1) is 0 Å². The maximum atomic E-state index is 12.5. The summed E-state index contributed by atoms with van der Waals surface area (Å²) in [6.45, 7) is 2.74. The van der Waals surface area contributed by atoms with Crippen molar-refractivity contribution in [3.05, 3.63) is 93.5 Å². The van der Waals surface area contributed by atoms with Crippen LogP contribution in [0.2, 0.25) is 5.02 Å². The average molecular weight is 532 g/mol. The molecule has 2 heterocycles. The molecule has 3 aromatic carbocycles. The number of likely N-dealkylation sites (tertiary alicyclic amines) is 1. The van der Waals surface area contributed by atoms with E-state index in [2.05, 4.69) is 47.4 Å². The lowest BCUT2D eigenvalue weighted by Crippen LogP contribution is -2.26. The van der Waals surface area contributed by atoms with Gasteiger partial charge in [-0.1, -0.05) is 48.0 Å². The van der Waals surface area contributed by atoms with Gasteiger partial charge < -0.3 is 14.6 Å². The fourth-order valence-electron chi connectivity index (χ4n) is 5.75. The fourth-order valence-corrected chi connectivity index (χ4v) is 5.97. The SMILES string of the molecule is Oc1ccc2c(c1Cl)OCCC(c1ccc3c(c1)C=CC3)=C2c1ccc(O[C@H]2CCN(CCCF)C2)cc1. The van der Waals surface area contributed by atoms with Crippen LogP contribution in [0.3, 0.4) is 0 Å². The highest BCUT2D eigenvalue weighted by Gasteiger charge is 2.26. The van der Waals surface area contributed by atoms with Crippen molar-refractivity contribution in [3.8, 4) is 17.2 Å². The van der Waals surface area contributed by atoms with Crippen LogP contribution in [0.25, 0.3) is 17.2 Å². The first-order valence-corrected chi connectivity index (χ1v) is 13.7. The molecule has 196 valence electrons. The largest absolute Gasteiger partial charge is 0.506 e. The van der Waals surface area contributed by atoms with Gasteiger partial charge in [-0.25, -0.2) is 0 Å². The van der Waals surface area contributed by atoms with Crippen LogP contribution >= 0.6 is 11.6 Å². The second kappa shape index (κ2) is 10.8. The smallest absolute Gasteiger partial charge is 0.149 e. The molecule has 0 amide bonds. The lowest BCUT2D eigenvalue weighted by Gasteiger charge is -2.18. The standard InChI is InChI=1S/C32H31ClFNO3/c33-31-29(36)12-11-28-30(22-7-9-25(10-8-22)38-26-13-17-35(20-26)16-2-15-34)27(14-18-37-32(28)31)24-6-5-21-3-1-4-23(21)19-24/h1,4-12,19,26,36H,2-3,13-18,20H2/t26-/m0/s1. The summed E-state index contributed by atoms with van der Waals surface area (Å²) >= 11 is 6.52. The minimum atomic E-state index is -0.275. The van der Waals surface area contributed by atoms with Crippen molar-refractivity contribution in [1.29, 1.82) is 0 Å². The van der Waals surface area contributed by atoms with Crippen molar-refractivity contribution in [3.63, 3.8) is 0 Å². The number of phenolic OH excluding ortho intramolecular Hbond substituents is 1. The Balaban J connectivity index is 1.36. The van der Waals surface area contributed by atoms with Gasteiger partial charge in [0.1, 0.15) is 28.4 Å². The van der Waals surface area contributed by atoms with Crippen molar-refractivity contribution in [2.24, 2.45) is 0 Å². The Morgan fingerprint density at radius 1 is 1.08 bits per heavy atom. The number of hydrogen-bond donors (Lipinski definition) is 1. The summed E-state index contributed by atoms with van der Waals surface area (Å²) in [5, 5.41) is 10.5. The maximum Gasteiger partial charge on any atom is 0.149 e. The van der Waals surface area contributed by atoms with Gasteiger partial charge in [-0.05, 0) is 83.0 Å². The number of fused-ring (bicyclic) bond motifs is 2. The molecule has 1 saturated heterocycles. The van der Waals surface area contributed by atoms with Gasteiger partial charge in [0.25, 0.3) is 0 Å². The first-order chi connectivity index (χ1) is 18.6. The molecule has 0 radical (unpaired) electrons. The highest BCUT2D eigenvalue weighted by atomic mass is 35.5. The number of phenols is 1. The van der Waals surface area contributed by atoms with E-state index < -0.39 is 0 Å². The topological polar surface area (TPSA) is 41.9 Å². The number of ether oxygens (including phenoxy) is 2. The highest BCUT2D eigenvalue weighted by molar-refractivity contribution is 6.34. The molecular weight excluding hydrogens is 501 g/mol. The van der Waals surface area contributed by atoms with Crippen LogP contribution in [-0.4, -0.2) is 49.0 Å². The van der Waals surface area contributed by atoms with Gasteiger partial charge in [0.2, 0.25) is 0 Å². The minimum absolute atomic E-state index is 0.0109. The Labute approximate surface area is 228 Å². The number of aromatic hydroxyl groups is 1. The van der Waals surface area contributed by atoms with Crippen LogP contribution in [0.5, 0.6) is 17.2 Å². The molecule has 3 aromatic rings. The Morgan fingerprint density at radius 3 is 2.76 bits per heavy atom. The summed E-state index contributed by atoms with van der Waals surface area (Å²) in [4.78, 5) is 2.27. The Morgan fingerprint density at radius 2 is 1.92 bits per heavy atom. The predicted molar refractivity (Wildman–Crippen MR) is 151 cm³/mol. The van der Waals surface area contributed by atoms with Gasteiger partial charge in [0, 0.05) is 31.6 Å². The van der Waals surface area contributed by atoms with Crippen molar-refractivity contribution < 1.29 is 19.0 Å². The lowest BCUT2D eigenvalue weighted by molar-refractivity contribution is 0.198. The number of hydrogen-bond acceptors (Lipinski definition) is 4. The molecule has 0 unspecified atom stereocenters. The molecule has 1 aliphatic carbocycles. The van der Waals surface area contributed by atoms with Crippen LogP contribution in [0.15, 0.2) is 60.7 Å². The van der Waals surface area contributed by atoms with Crippen LogP contribution in [0.4, 0.5) is 4.39 Å². The van der Waals surface area contributed by atoms with Crippen LogP contribution < -0.4 is 9.47 Å². The number of nitrogens with zero attached hydrogens (tertiary/aromatic N) is 1. The summed E-state index contributed by atoms with van der Waals surface area (Å²) in [7, 11) is 0. The van der Waals surface area contributed by atoms with E-state index >= 15 is 0 Å². The van der Waals surface area contributed by atoms with Crippen molar-refractivity contribution in [1.82, 2.24) is 4.90 Å². The molecule has 0 spiro atoms. The molecule has 0 aromatic heterocycles. The third-order valence-electron chi connectivity index (χ3n) is 7.66. The third-order valence-corrected chi connectivity index (χ3v) is 8.02. The van der Waals surface area contributed by atoms with Crippen LogP contribution in [0.1, 0.15) is 47.1 Å². The second-order valence-corrected chi connectivity index (χ2v) is 10.5. The predicted octanol–water partition coefficient (Wildman–Crippen LogP) is 7.17. The summed E-state index contributed by atoms with van der Waals surface area (Å²) in [5.41, 5.74) is 7.88. The van der Waals surface area contributed by atoms with Gasteiger partial charge >= 0.3 is 0 Å². The van der Waals surface area contributed by atoms with Crippen molar-refractivity contribution in [2.45, 2.75) is 31.8 Å². The summed E-state index contributed by atoms with van der Waals surface area (Å²) in [6.07, 6.45) is 7.69. The zero-order valence-electron chi connectivity index (χ0n) is 21.3. The van der Waals surface area contributed by atoms with Crippen LogP contribution in [-0.2, 0) is 6.42 Å². The second-order valence-electron chi connectivity index (χ2n) is 10.1. The first-order valence-electron chi connectivity index (χ1n) is 13.3. The fraction of sp³-hybridized carbons (Fsp3) is 0.312. The third kappa shape index (κ3) is 4.93. The molecular formula is C32H31ClFNO3. The first kappa shape index (κ1) is 25.0. The van der Waals surface area contributed by atoms with Gasteiger partial charge in [-0.2, -0.15) is 0 Å². The van der Waals surface area contributed by atoms with E-state index in [4.69, 9.17) is 21.1 Å². The number of allylic oxidation sites excluding steroid dienone is 1. The summed E-state index contributed by atoms with van der Waals surface area (Å²) in [5.74, 6) is 1.35. The summed E-state index contributed by atoms with van der Waals surface area (Å²) in [6, 6.07) is 18.4. The molecule has 3 aliphatic rings. The molecule has 0 bridgehead atoms. The zero-order valence-corrected chi connectivity index (χ0v) is 22.0. The van der Waals surface area contributed by atoms with Gasteiger partial charge in [-0.3, -0.25) is 9.29 Å². The average Bonchev–Trinajstić information content (AvgIpc) is 3.55. The molecule has 38 heavy (non-hydrogen) atoms. The van der Waals surface area contributed by atoms with E-state index in [0.717, 1.165) is 60.5 Å². The Kier molecular flexibility index (Phi) is 7.14. The van der Waals surface area contributed by atoms with Gasteiger partial charge in [0.15, 0.2) is 0 Å². The molecule has 6 rings (SSSR count). The highest BCUT2D eigenvalue weighted by Crippen LogP contribution is 2.47. The van der Waals surface area contributed by atoms with E-state index in [0.29, 0.717) is 25.2 Å². The van der Waals surface area contributed by atoms with E-state index in [-0.39, 0.29) is 23.6 Å². The molecule has 4 nitrogen and oxygen atoms in total. The monoisotopic (exact) mass is 531 g/mol. The molecule has 1 fully saturated rings. The summed E-state index contributed by atoms with van der Waals surface area (Å²) < 4.78 is 24.9. The van der Waals surface area contributed by atoms with Gasteiger partial charge in [0.05, 0.1) is 13.3 Å². The van der Waals surface area contributed by atoms with E-state index in [1.165, 1.54) is 16.7 Å². The number of rotatable bonds is 7. The molecule has 1 atom stereocenters. The molecule has 6 heteroatoms. The molecule has 2 aliphatic heterocycles. The maximum absolute atomic E-state index is 12.5. The lowest BCUT2D eigenvalue weighted by atomic mass is 9.87.